The Bertz CT molecular complexity index is 791. The zero-order valence-electron chi connectivity index (χ0n) is 16.0. The Morgan fingerprint density at radius 3 is 2.21 bits per heavy atom. The summed E-state index contributed by atoms with van der Waals surface area (Å²) in [7, 11) is 4.00. The Hall–Kier alpha value is -2.47. The van der Waals surface area contributed by atoms with Gasteiger partial charge in [-0.05, 0) is 25.2 Å². The van der Waals surface area contributed by atoms with Gasteiger partial charge in [0, 0.05) is 11.6 Å². The Morgan fingerprint density at radius 2 is 1.72 bits per heavy atom. The first-order valence-electron chi connectivity index (χ1n) is 8.38. The number of carbonyl (C=O) groups excluding carboxylic acids is 1. The monoisotopic (exact) mass is 438 g/mol. The lowest BCUT2D eigenvalue weighted by molar-refractivity contribution is -0.292. The molecule has 1 aliphatic heterocycles. The van der Waals surface area contributed by atoms with E-state index in [0.717, 1.165) is 0 Å². The zero-order chi connectivity index (χ0) is 22.0. The van der Waals surface area contributed by atoms with Crippen LogP contribution in [0.3, 0.4) is 0 Å². The van der Waals surface area contributed by atoms with Crippen LogP contribution in [0.2, 0.25) is 0 Å². The molecule has 162 valence electrons. The van der Waals surface area contributed by atoms with Crippen LogP contribution < -0.4 is 24.8 Å². The number of halogens is 3. The van der Waals surface area contributed by atoms with E-state index in [4.69, 9.17) is 31.2 Å². The number of thiocarbonyl (C=S) groups is 1. The number of methoxy groups -OCH3 is 3. The van der Waals surface area contributed by atoms with Crippen molar-refractivity contribution < 1.29 is 42.0 Å². The van der Waals surface area contributed by atoms with Crippen molar-refractivity contribution in [1.29, 1.82) is 0 Å². The third-order valence-electron chi connectivity index (χ3n) is 4.42. The Kier molecular flexibility index (Phi) is 6.68. The van der Waals surface area contributed by atoms with E-state index >= 15 is 0 Å². The predicted molar refractivity (Wildman–Crippen MR) is 98.8 cm³/mol. The first-order valence-corrected chi connectivity index (χ1v) is 8.79. The molecule has 0 spiro atoms. The lowest BCUT2D eigenvalue weighted by atomic mass is 9.81. The maximum absolute atomic E-state index is 13.8. The second-order valence-electron chi connectivity index (χ2n) is 6.02. The molecule has 0 saturated carbocycles. The fourth-order valence-electron chi connectivity index (χ4n) is 3.09. The molecule has 8 nitrogen and oxygen atoms in total. The van der Waals surface area contributed by atoms with Gasteiger partial charge in [0.2, 0.25) is 0 Å². The lowest BCUT2D eigenvalue weighted by Gasteiger charge is -2.45. The van der Waals surface area contributed by atoms with Crippen LogP contribution in [-0.4, -0.2) is 56.0 Å². The molecule has 1 aromatic rings. The van der Waals surface area contributed by atoms with Gasteiger partial charge in [-0.2, -0.15) is 13.2 Å². The quantitative estimate of drug-likeness (QED) is 0.453. The Labute approximate surface area is 170 Å². The van der Waals surface area contributed by atoms with E-state index in [1.54, 1.807) is 5.32 Å². The smallest absolute Gasteiger partial charge is 0.437 e. The van der Waals surface area contributed by atoms with E-state index in [-0.39, 0.29) is 29.4 Å². The molecule has 1 heterocycles. The van der Waals surface area contributed by atoms with Crippen molar-refractivity contribution in [3.05, 3.63) is 17.7 Å². The van der Waals surface area contributed by atoms with Crippen molar-refractivity contribution >= 4 is 23.3 Å². The third-order valence-corrected chi connectivity index (χ3v) is 4.64. The number of esters is 1. The molecule has 2 rings (SSSR count). The molecule has 3 atom stereocenters. The standard InChI is InChI=1S/C17H21F3N2O6S/c1-5-28-14(23)12-13(21-15(29)22-16(12,24)17(18,19)20)8-6-10(26-3)11(27-4)7-9(8)25-2/h6-7,12-13,24H,5H2,1-4H3,(H2,21,22,29)/t12-,13+,16-/m1/s1. The number of alkyl halides is 3. The molecule has 0 bridgehead atoms. The minimum atomic E-state index is -5.25. The van der Waals surface area contributed by atoms with Crippen molar-refractivity contribution in [2.45, 2.75) is 24.9 Å². The molecule has 3 N–H and O–H groups in total. The summed E-state index contributed by atoms with van der Waals surface area (Å²) in [6.45, 7) is 1.24. The van der Waals surface area contributed by atoms with Crippen LogP contribution in [0.5, 0.6) is 17.2 Å². The second-order valence-corrected chi connectivity index (χ2v) is 6.43. The molecule has 1 fully saturated rings. The zero-order valence-corrected chi connectivity index (χ0v) is 16.9. The number of hydrogen-bond donors (Lipinski definition) is 3. The van der Waals surface area contributed by atoms with Crippen molar-refractivity contribution in [3.63, 3.8) is 0 Å². The van der Waals surface area contributed by atoms with Gasteiger partial charge in [0.05, 0.1) is 34.0 Å². The summed E-state index contributed by atoms with van der Waals surface area (Å²) in [6, 6.07) is 1.27. The number of ether oxygens (including phenoxy) is 4. The summed E-state index contributed by atoms with van der Waals surface area (Å²) >= 11 is 4.86. The fraction of sp³-hybridized carbons (Fsp3) is 0.529. The molecule has 0 aliphatic carbocycles. The highest BCUT2D eigenvalue weighted by Crippen LogP contribution is 2.47. The topological polar surface area (TPSA) is 98.3 Å². The van der Waals surface area contributed by atoms with Gasteiger partial charge in [-0.3, -0.25) is 4.79 Å². The molecule has 0 amide bonds. The van der Waals surface area contributed by atoms with Crippen molar-refractivity contribution in [2.75, 3.05) is 27.9 Å². The van der Waals surface area contributed by atoms with Gasteiger partial charge in [-0.25, -0.2) is 0 Å². The molecule has 1 aliphatic rings. The molecule has 1 saturated heterocycles. The maximum Gasteiger partial charge on any atom is 0.437 e. The van der Waals surface area contributed by atoms with E-state index in [2.05, 4.69) is 5.32 Å². The van der Waals surface area contributed by atoms with Crippen LogP contribution in [-0.2, 0) is 9.53 Å². The van der Waals surface area contributed by atoms with Gasteiger partial charge in [-0.15, -0.1) is 0 Å². The minimum absolute atomic E-state index is 0.0785. The predicted octanol–water partition coefficient (Wildman–Crippen LogP) is 1.66. The number of rotatable bonds is 6. The molecule has 0 radical (unpaired) electrons. The van der Waals surface area contributed by atoms with E-state index in [1.807, 2.05) is 0 Å². The van der Waals surface area contributed by atoms with E-state index in [0.29, 0.717) is 0 Å². The molecule has 1 aromatic carbocycles. The largest absolute Gasteiger partial charge is 0.496 e. The summed E-state index contributed by atoms with van der Waals surface area (Å²) < 4.78 is 61.8. The number of carbonyl (C=O) groups is 1. The molecule has 0 aromatic heterocycles. The summed E-state index contributed by atoms with van der Waals surface area (Å²) in [5, 5.41) is 14.3. The number of aliphatic hydroxyl groups is 1. The van der Waals surface area contributed by atoms with E-state index in [9.17, 15) is 23.1 Å². The number of benzene rings is 1. The molecular formula is C17H21F3N2O6S. The Balaban J connectivity index is 2.73. The van der Waals surface area contributed by atoms with Crippen LogP contribution in [0, 0.1) is 5.92 Å². The van der Waals surface area contributed by atoms with Gasteiger partial charge < -0.3 is 34.7 Å². The van der Waals surface area contributed by atoms with E-state index in [1.165, 1.54) is 40.4 Å². The van der Waals surface area contributed by atoms with Gasteiger partial charge in [-0.1, -0.05) is 0 Å². The van der Waals surface area contributed by atoms with Crippen LogP contribution in [0.25, 0.3) is 0 Å². The molecule has 12 heteroatoms. The molecule has 29 heavy (non-hydrogen) atoms. The minimum Gasteiger partial charge on any atom is -0.496 e. The average Bonchev–Trinajstić information content (AvgIpc) is 2.65. The van der Waals surface area contributed by atoms with Gasteiger partial charge >= 0.3 is 12.1 Å². The average molecular weight is 438 g/mol. The van der Waals surface area contributed by atoms with Crippen molar-refractivity contribution in [1.82, 2.24) is 10.6 Å². The highest BCUT2D eigenvalue weighted by atomic mass is 32.1. The van der Waals surface area contributed by atoms with Crippen molar-refractivity contribution in [2.24, 2.45) is 5.92 Å². The third kappa shape index (κ3) is 4.13. The number of nitrogens with one attached hydrogen (secondary N) is 2. The first kappa shape index (κ1) is 22.8. The summed E-state index contributed by atoms with van der Waals surface area (Å²) in [5.74, 6) is -2.92. The lowest BCUT2D eigenvalue weighted by Crippen LogP contribution is -2.73. The number of hydrogen-bond acceptors (Lipinski definition) is 7. The van der Waals surface area contributed by atoms with Crippen LogP contribution >= 0.6 is 12.2 Å². The van der Waals surface area contributed by atoms with Crippen LogP contribution in [0.4, 0.5) is 13.2 Å². The van der Waals surface area contributed by atoms with Gasteiger partial charge in [0.15, 0.2) is 16.6 Å². The fourth-order valence-corrected chi connectivity index (χ4v) is 3.37. The maximum atomic E-state index is 13.8. The van der Waals surface area contributed by atoms with Crippen LogP contribution in [0.15, 0.2) is 12.1 Å². The highest BCUT2D eigenvalue weighted by molar-refractivity contribution is 7.80. The summed E-state index contributed by atoms with van der Waals surface area (Å²) in [6.07, 6.45) is -5.25. The SMILES string of the molecule is CCOC(=O)[C@H]1[C@H](c2cc(OC)c(OC)cc2OC)NC(=S)N[C@]1(O)C(F)(F)F. The highest BCUT2D eigenvalue weighted by Gasteiger charge is 2.66. The van der Waals surface area contributed by atoms with Crippen molar-refractivity contribution in [3.8, 4) is 17.2 Å². The van der Waals surface area contributed by atoms with Crippen LogP contribution in [0.1, 0.15) is 18.5 Å². The molecule has 0 unspecified atom stereocenters. The first-order chi connectivity index (χ1) is 13.5. The molecular weight excluding hydrogens is 417 g/mol. The summed E-state index contributed by atoms with van der Waals surface area (Å²) in [4.78, 5) is 12.5. The van der Waals surface area contributed by atoms with E-state index < -0.39 is 34.9 Å². The Morgan fingerprint density at radius 1 is 1.17 bits per heavy atom. The van der Waals surface area contributed by atoms with Gasteiger partial charge in [0.1, 0.15) is 11.7 Å². The normalized spacial score (nSPS) is 24.2. The van der Waals surface area contributed by atoms with Gasteiger partial charge in [0.25, 0.3) is 5.72 Å². The second kappa shape index (κ2) is 8.49. The summed E-state index contributed by atoms with van der Waals surface area (Å²) in [5.41, 5.74) is -3.60.